The van der Waals surface area contributed by atoms with Crippen LogP contribution in [-0.2, 0) is 19.1 Å². The number of carbonyl (C=O) groups excluding carboxylic acids is 2. The summed E-state index contributed by atoms with van der Waals surface area (Å²) in [5.41, 5.74) is -1.25. The minimum absolute atomic E-state index is 0. The molecule has 36 heavy (non-hydrogen) atoms. The Kier molecular flexibility index (Phi) is 15.3. The Morgan fingerprint density at radius 2 is 1.11 bits per heavy atom. The quantitative estimate of drug-likeness (QED) is 0.323. The van der Waals surface area contributed by atoms with Crippen LogP contribution in [-0.4, -0.2) is 29.8 Å². The zero-order valence-electron chi connectivity index (χ0n) is 20.7. The molecule has 0 radical (unpaired) electrons. The third-order valence-corrected chi connectivity index (χ3v) is 7.91. The summed E-state index contributed by atoms with van der Waals surface area (Å²) in [6, 6.07) is 0. The van der Waals surface area contributed by atoms with Crippen LogP contribution in [0.2, 0.25) is 0 Å². The molecule has 4 aliphatic rings. The Bertz CT molecular complexity index is 647. The average molecular weight is 527 g/mol. The second-order valence-electron chi connectivity index (χ2n) is 11.6. The Hall–Kier alpha value is -1.27. The summed E-state index contributed by atoms with van der Waals surface area (Å²) in [5, 5.41) is 0. The normalized spacial score (nSPS) is 26.9. The fourth-order valence-corrected chi connectivity index (χ4v) is 5.17. The zero-order valence-corrected chi connectivity index (χ0v) is 20.7. The van der Waals surface area contributed by atoms with E-state index in [0.717, 1.165) is 50.4 Å². The van der Waals surface area contributed by atoms with E-state index >= 15 is 0 Å². The molecule has 1 atom stereocenters. The highest BCUT2D eigenvalue weighted by Gasteiger charge is 2.54. The second kappa shape index (κ2) is 14.0. The van der Waals surface area contributed by atoms with Crippen molar-refractivity contribution >= 4 is 11.9 Å². The minimum Gasteiger partial charge on any atom is -0.459 e. The van der Waals surface area contributed by atoms with Crippen molar-refractivity contribution in [3.8, 4) is 0 Å². The third-order valence-electron chi connectivity index (χ3n) is 7.91. The topological polar surface area (TPSA) is 52.6 Å². The average Bonchev–Trinajstić information content (AvgIpc) is 2.66. The van der Waals surface area contributed by atoms with Gasteiger partial charge < -0.3 is 9.47 Å². The molecule has 4 aliphatic carbocycles. The number of hydrogen-bond donors (Lipinski definition) is 0. The summed E-state index contributed by atoms with van der Waals surface area (Å²) in [5.74, 6) is 1.74. The van der Waals surface area contributed by atoms with Gasteiger partial charge in [0.1, 0.15) is 5.60 Å². The van der Waals surface area contributed by atoms with Gasteiger partial charge in [-0.15, -0.1) is 0 Å². The van der Waals surface area contributed by atoms with E-state index in [4.69, 9.17) is 4.74 Å². The van der Waals surface area contributed by atoms with Crippen molar-refractivity contribution in [3.63, 3.8) is 0 Å². The van der Waals surface area contributed by atoms with Gasteiger partial charge in [-0.25, -0.2) is 0 Å². The molecule has 4 fully saturated rings. The first kappa shape index (κ1) is 39.2. The molecule has 0 aliphatic heterocycles. The molecule has 0 aromatic heterocycles. The van der Waals surface area contributed by atoms with Crippen molar-refractivity contribution in [1.82, 2.24) is 0 Å². The first-order valence-corrected chi connectivity index (χ1v) is 12.0. The highest BCUT2D eigenvalue weighted by atomic mass is 19.4. The van der Waals surface area contributed by atoms with Crippen LogP contribution in [0.4, 0.5) is 13.2 Å². The number of ether oxygens (including phenoxy) is 2. The van der Waals surface area contributed by atoms with Crippen molar-refractivity contribution in [1.29, 1.82) is 0 Å². The molecule has 0 spiro atoms. The maximum absolute atomic E-state index is 12.4. The van der Waals surface area contributed by atoms with E-state index in [1.165, 1.54) is 19.3 Å². The molecule has 0 aromatic carbocycles. The summed E-state index contributed by atoms with van der Waals surface area (Å²) >= 11 is 0. The Morgan fingerprint density at radius 1 is 0.778 bits per heavy atom. The number of esters is 2. The van der Waals surface area contributed by atoms with Gasteiger partial charge >= 0.3 is 18.1 Å². The predicted molar refractivity (Wildman–Crippen MR) is 144 cm³/mol. The van der Waals surface area contributed by atoms with Gasteiger partial charge in [-0.1, -0.05) is 43.6 Å². The van der Waals surface area contributed by atoms with Gasteiger partial charge in [-0.05, 0) is 104 Å². The van der Waals surface area contributed by atoms with Crippen molar-refractivity contribution in [3.05, 3.63) is 0 Å². The van der Waals surface area contributed by atoms with Crippen molar-refractivity contribution in [2.24, 2.45) is 28.6 Å². The van der Waals surface area contributed by atoms with Crippen LogP contribution in [0.3, 0.4) is 0 Å². The van der Waals surface area contributed by atoms with Crippen LogP contribution in [0.5, 0.6) is 0 Å². The zero-order chi connectivity index (χ0) is 24.5. The highest BCUT2D eigenvalue weighted by molar-refractivity contribution is 5.76. The number of carbonyl (C=O) groups is 2. The number of alkyl halides is 3. The van der Waals surface area contributed by atoms with E-state index in [0.29, 0.717) is 6.42 Å². The lowest BCUT2D eigenvalue weighted by molar-refractivity contribution is -0.221. The fourth-order valence-electron chi connectivity index (χ4n) is 5.17. The van der Waals surface area contributed by atoms with Crippen LogP contribution >= 0.6 is 0 Å². The monoisotopic (exact) mass is 526 g/mol. The van der Waals surface area contributed by atoms with Crippen LogP contribution < -0.4 is 0 Å². The lowest BCUT2D eigenvalue weighted by atomic mass is 9.54. The molecule has 0 heterocycles. The number of hydrogen-bond acceptors (Lipinski definition) is 4. The largest absolute Gasteiger partial charge is 0.459 e. The Labute approximate surface area is 220 Å². The minimum atomic E-state index is -4.49. The summed E-state index contributed by atoms with van der Waals surface area (Å²) in [4.78, 5) is 23.6. The second-order valence-corrected chi connectivity index (χ2v) is 11.6. The van der Waals surface area contributed by atoms with Gasteiger partial charge in [0.15, 0.2) is 6.10 Å². The number of rotatable bonds is 6. The fraction of sp³-hybridized carbons (Fsp3) is 0.931. The Morgan fingerprint density at radius 3 is 1.42 bits per heavy atom. The van der Waals surface area contributed by atoms with E-state index in [9.17, 15) is 22.8 Å². The maximum Gasteiger partial charge on any atom is 0.425 e. The van der Waals surface area contributed by atoms with Crippen LogP contribution in [0.1, 0.15) is 130 Å². The van der Waals surface area contributed by atoms with E-state index in [1.807, 2.05) is 13.8 Å². The van der Waals surface area contributed by atoms with Crippen LogP contribution in [0.15, 0.2) is 0 Å². The van der Waals surface area contributed by atoms with Gasteiger partial charge in [0, 0.05) is 0 Å². The molecule has 4 rings (SSSR count). The first-order valence-electron chi connectivity index (χ1n) is 12.0. The van der Waals surface area contributed by atoms with Gasteiger partial charge in [-0.3, -0.25) is 9.59 Å². The first-order chi connectivity index (χ1) is 14.5. The van der Waals surface area contributed by atoms with Crippen molar-refractivity contribution in [2.45, 2.75) is 147 Å². The smallest absolute Gasteiger partial charge is 0.425 e. The van der Waals surface area contributed by atoms with E-state index in [1.54, 1.807) is 20.8 Å². The highest BCUT2D eigenvalue weighted by Crippen LogP contribution is 2.57. The summed E-state index contributed by atoms with van der Waals surface area (Å²) in [7, 11) is 0. The lowest BCUT2D eigenvalue weighted by Crippen LogP contribution is -2.53. The van der Waals surface area contributed by atoms with Gasteiger partial charge in [0.25, 0.3) is 0 Å². The van der Waals surface area contributed by atoms with Crippen LogP contribution in [0.25, 0.3) is 0 Å². The molecule has 0 aromatic rings. The summed E-state index contributed by atoms with van der Waals surface area (Å²) < 4.78 is 46.4. The van der Waals surface area contributed by atoms with Crippen molar-refractivity contribution < 1.29 is 32.2 Å². The molecule has 4 bridgehead atoms. The molecule has 1 unspecified atom stereocenters. The van der Waals surface area contributed by atoms with Gasteiger partial charge in [-0.2, -0.15) is 13.2 Å². The van der Waals surface area contributed by atoms with E-state index in [2.05, 4.69) is 11.7 Å². The summed E-state index contributed by atoms with van der Waals surface area (Å²) in [6.07, 6.45) is 2.39. The summed E-state index contributed by atoms with van der Waals surface area (Å²) in [6.45, 7) is 11.7. The molecule has 4 saturated carbocycles. The molecule has 218 valence electrons. The van der Waals surface area contributed by atoms with Crippen molar-refractivity contribution in [2.75, 3.05) is 0 Å². The molecule has 7 heteroatoms. The van der Waals surface area contributed by atoms with E-state index < -0.39 is 23.7 Å². The number of halogens is 3. The lowest BCUT2D eigenvalue weighted by Gasteiger charge is -2.56. The SMILES string of the molecule is C.C.C.C.CCC(C)(C)C(=O)OC(C)C(F)(F)F.CCC(C)(C)C(=O)OC12CC3CC(CC(C3)C1)C2. The molecular weight excluding hydrogens is 469 g/mol. The predicted octanol–water partition coefficient (Wildman–Crippen LogP) is 9.40. The molecule has 0 saturated heterocycles. The Balaban J connectivity index is -0.000000562. The van der Waals surface area contributed by atoms with E-state index in [-0.39, 0.29) is 46.7 Å². The molecule has 0 amide bonds. The van der Waals surface area contributed by atoms with Gasteiger partial charge in [0.05, 0.1) is 10.8 Å². The third kappa shape index (κ3) is 9.55. The van der Waals surface area contributed by atoms with Crippen LogP contribution in [0, 0.1) is 28.6 Å². The van der Waals surface area contributed by atoms with Gasteiger partial charge in [0.2, 0.25) is 0 Å². The molecule has 0 N–H and O–H groups in total. The maximum atomic E-state index is 12.4. The molecule has 4 nitrogen and oxygen atoms in total. The molecular formula is C29H57F3O4. The standard InChI is InChI=1S/C16H26O2.C9H15F3O2.4CH4/c1-4-15(2,3)14(17)18-16-8-11-5-12(9-16)7-13(6-11)10-16;1-5-8(3,4)7(13)14-6(2)9(10,11)12;;;;/h11-13H,4-10H2,1-3H3;6H,5H2,1-4H3;4*1H4.